The summed E-state index contributed by atoms with van der Waals surface area (Å²) in [5, 5.41) is 3.37. The normalized spacial score (nSPS) is 18.9. The minimum Gasteiger partial charge on any atom is -0.443 e. The van der Waals surface area contributed by atoms with Crippen LogP contribution < -0.4 is 10.2 Å². The van der Waals surface area contributed by atoms with E-state index in [1.807, 2.05) is 32.9 Å². The molecule has 0 aliphatic carbocycles. The van der Waals surface area contributed by atoms with E-state index in [4.69, 9.17) is 4.74 Å². The second-order valence-corrected chi connectivity index (χ2v) is 6.32. The van der Waals surface area contributed by atoms with Gasteiger partial charge >= 0.3 is 6.09 Å². The van der Waals surface area contributed by atoms with Crippen LogP contribution in [-0.4, -0.2) is 31.8 Å². The molecule has 4 heteroatoms. The highest BCUT2D eigenvalue weighted by molar-refractivity contribution is 5.87. The Morgan fingerprint density at radius 3 is 2.45 bits per heavy atom. The summed E-state index contributed by atoms with van der Waals surface area (Å²) in [6.07, 6.45) is 0.856. The molecule has 4 nitrogen and oxygen atoms in total. The van der Waals surface area contributed by atoms with Crippen molar-refractivity contribution in [1.29, 1.82) is 0 Å². The molecule has 1 aliphatic rings. The Bertz CT molecular complexity index is 456. The molecule has 0 aromatic heterocycles. The molecule has 1 N–H and O–H groups in total. The van der Waals surface area contributed by atoms with Crippen molar-refractivity contribution in [3.05, 3.63) is 29.8 Å². The highest BCUT2D eigenvalue weighted by atomic mass is 16.6. The Balaban J connectivity index is 2.03. The molecule has 0 radical (unpaired) electrons. The van der Waals surface area contributed by atoms with E-state index in [-0.39, 0.29) is 6.09 Å². The standard InChI is InChI=1S/C16H24N2O2/c1-16(2,3)20-15(19)18(4)14-7-5-12(6-8-14)13-9-10-17-11-13/h5-8,13,17H,9-11H2,1-4H3. The summed E-state index contributed by atoms with van der Waals surface area (Å²) in [5.41, 5.74) is 1.71. The smallest absolute Gasteiger partial charge is 0.414 e. The van der Waals surface area contributed by atoms with Gasteiger partial charge in [0.05, 0.1) is 0 Å². The van der Waals surface area contributed by atoms with Gasteiger partial charge in [0.2, 0.25) is 0 Å². The van der Waals surface area contributed by atoms with Crippen LogP contribution in [0.15, 0.2) is 24.3 Å². The third-order valence-corrected chi connectivity index (χ3v) is 3.48. The van der Waals surface area contributed by atoms with E-state index in [0.29, 0.717) is 5.92 Å². The molecule has 1 amide bonds. The zero-order chi connectivity index (χ0) is 14.8. The Hall–Kier alpha value is -1.55. The SMILES string of the molecule is CN(C(=O)OC(C)(C)C)c1ccc(C2CCNC2)cc1. The number of hydrogen-bond acceptors (Lipinski definition) is 3. The number of rotatable bonds is 2. The van der Waals surface area contributed by atoms with Gasteiger partial charge in [0.25, 0.3) is 0 Å². The van der Waals surface area contributed by atoms with Crippen LogP contribution in [0, 0.1) is 0 Å². The Morgan fingerprint density at radius 1 is 1.30 bits per heavy atom. The number of carbonyl (C=O) groups excluding carboxylic acids is 1. The van der Waals surface area contributed by atoms with Gasteiger partial charge in [-0.2, -0.15) is 0 Å². The van der Waals surface area contributed by atoms with Gasteiger partial charge in [0.1, 0.15) is 5.60 Å². The molecule has 0 saturated carbocycles. The molecule has 20 heavy (non-hydrogen) atoms. The van der Waals surface area contributed by atoms with E-state index in [9.17, 15) is 4.79 Å². The molecule has 1 atom stereocenters. The van der Waals surface area contributed by atoms with Gasteiger partial charge < -0.3 is 10.1 Å². The average molecular weight is 276 g/mol. The van der Waals surface area contributed by atoms with Gasteiger partial charge in [0, 0.05) is 19.3 Å². The molecular formula is C16H24N2O2. The molecule has 110 valence electrons. The summed E-state index contributed by atoms with van der Waals surface area (Å²) in [6, 6.07) is 8.18. The summed E-state index contributed by atoms with van der Waals surface area (Å²) in [4.78, 5) is 13.5. The summed E-state index contributed by atoms with van der Waals surface area (Å²) < 4.78 is 5.36. The van der Waals surface area contributed by atoms with Crippen molar-refractivity contribution in [3.63, 3.8) is 0 Å². The van der Waals surface area contributed by atoms with Gasteiger partial charge in [-0.05, 0) is 57.4 Å². The van der Waals surface area contributed by atoms with Crippen LogP contribution in [0.2, 0.25) is 0 Å². The van der Waals surface area contributed by atoms with Crippen LogP contribution in [0.4, 0.5) is 10.5 Å². The van der Waals surface area contributed by atoms with E-state index in [1.54, 1.807) is 11.9 Å². The Kier molecular flexibility index (Phi) is 4.33. The van der Waals surface area contributed by atoms with Gasteiger partial charge in [-0.3, -0.25) is 4.90 Å². The highest BCUT2D eigenvalue weighted by Gasteiger charge is 2.21. The van der Waals surface area contributed by atoms with E-state index >= 15 is 0 Å². The van der Waals surface area contributed by atoms with Gasteiger partial charge in [-0.15, -0.1) is 0 Å². The fourth-order valence-electron chi connectivity index (χ4n) is 2.35. The second-order valence-electron chi connectivity index (χ2n) is 6.32. The first kappa shape index (κ1) is 14.9. The lowest BCUT2D eigenvalue weighted by molar-refractivity contribution is 0.0589. The van der Waals surface area contributed by atoms with Crippen LogP contribution in [0.25, 0.3) is 0 Å². The quantitative estimate of drug-likeness (QED) is 0.902. The zero-order valence-electron chi connectivity index (χ0n) is 12.8. The lowest BCUT2D eigenvalue weighted by Gasteiger charge is -2.25. The minimum atomic E-state index is -0.471. The third-order valence-electron chi connectivity index (χ3n) is 3.48. The maximum atomic E-state index is 12.0. The summed E-state index contributed by atoms with van der Waals surface area (Å²) in [6.45, 7) is 7.74. The number of benzene rings is 1. The van der Waals surface area contributed by atoms with Crippen molar-refractivity contribution in [2.45, 2.75) is 38.7 Å². The number of carbonyl (C=O) groups is 1. The molecule has 1 aliphatic heterocycles. The topological polar surface area (TPSA) is 41.6 Å². The monoisotopic (exact) mass is 276 g/mol. The number of nitrogens with one attached hydrogen (secondary N) is 1. The average Bonchev–Trinajstić information content (AvgIpc) is 2.90. The third kappa shape index (κ3) is 3.73. The fourth-order valence-corrected chi connectivity index (χ4v) is 2.35. The van der Waals surface area contributed by atoms with Crippen molar-refractivity contribution in [2.24, 2.45) is 0 Å². The Morgan fingerprint density at radius 2 is 1.95 bits per heavy atom. The van der Waals surface area contributed by atoms with E-state index < -0.39 is 5.60 Å². The molecule has 2 rings (SSSR count). The first-order valence-corrected chi connectivity index (χ1v) is 7.14. The van der Waals surface area contributed by atoms with Crippen LogP contribution in [0.3, 0.4) is 0 Å². The zero-order valence-corrected chi connectivity index (χ0v) is 12.8. The molecule has 0 spiro atoms. The molecule has 1 fully saturated rings. The molecule has 1 unspecified atom stereocenters. The van der Waals surface area contributed by atoms with Gasteiger partial charge in [-0.1, -0.05) is 12.1 Å². The fraction of sp³-hybridized carbons (Fsp3) is 0.562. The maximum absolute atomic E-state index is 12.0. The number of nitrogens with zero attached hydrogens (tertiary/aromatic N) is 1. The van der Waals surface area contributed by atoms with Crippen molar-refractivity contribution in [2.75, 3.05) is 25.0 Å². The summed E-state index contributed by atoms with van der Waals surface area (Å²) >= 11 is 0. The predicted octanol–water partition coefficient (Wildman–Crippen LogP) is 3.13. The van der Waals surface area contributed by atoms with Crippen molar-refractivity contribution in [1.82, 2.24) is 5.32 Å². The van der Waals surface area contributed by atoms with Gasteiger partial charge in [-0.25, -0.2) is 4.79 Å². The maximum Gasteiger partial charge on any atom is 0.414 e. The summed E-state index contributed by atoms with van der Waals surface area (Å²) in [5.74, 6) is 0.593. The van der Waals surface area contributed by atoms with E-state index in [1.165, 1.54) is 12.0 Å². The number of anilines is 1. The number of ether oxygens (including phenoxy) is 1. The van der Waals surface area contributed by atoms with Crippen LogP contribution >= 0.6 is 0 Å². The van der Waals surface area contributed by atoms with Crippen LogP contribution in [0.5, 0.6) is 0 Å². The number of hydrogen-bond donors (Lipinski definition) is 1. The highest BCUT2D eigenvalue weighted by Crippen LogP contribution is 2.25. The van der Waals surface area contributed by atoms with Crippen molar-refractivity contribution < 1.29 is 9.53 Å². The van der Waals surface area contributed by atoms with Crippen molar-refractivity contribution >= 4 is 11.8 Å². The predicted molar refractivity (Wildman–Crippen MR) is 81.3 cm³/mol. The number of amides is 1. The second kappa shape index (κ2) is 5.83. The molecular weight excluding hydrogens is 252 g/mol. The van der Waals surface area contributed by atoms with Gasteiger partial charge in [0.15, 0.2) is 0 Å². The minimum absolute atomic E-state index is 0.326. The summed E-state index contributed by atoms with van der Waals surface area (Å²) in [7, 11) is 1.74. The molecule has 1 aromatic carbocycles. The molecule has 1 aromatic rings. The lowest BCUT2D eigenvalue weighted by Crippen LogP contribution is -2.34. The first-order valence-electron chi connectivity index (χ1n) is 7.14. The largest absolute Gasteiger partial charge is 0.443 e. The van der Waals surface area contributed by atoms with E-state index in [0.717, 1.165) is 18.8 Å². The van der Waals surface area contributed by atoms with E-state index in [2.05, 4.69) is 17.4 Å². The lowest BCUT2D eigenvalue weighted by atomic mass is 9.98. The molecule has 1 heterocycles. The van der Waals surface area contributed by atoms with Crippen LogP contribution in [-0.2, 0) is 4.74 Å². The van der Waals surface area contributed by atoms with Crippen LogP contribution in [0.1, 0.15) is 38.7 Å². The molecule has 0 bridgehead atoms. The molecule has 1 saturated heterocycles. The Labute approximate surface area is 121 Å². The first-order chi connectivity index (χ1) is 9.37. The van der Waals surface area contributed by atoms with Crippen molar-refractivity contribution in [3.8, 4) is 0 Å².